The molecule has 3 aromatic rings. The quantitative estimate of drug-likeness (QED) is 0.662. The topological polar surface area (TPSA) is 97.6 Å². The van der Waals surface area contributed by atoms with E-state index in [0.29, 0.717) is 24.5 Å². The molecule has 0 aliphatic heterocycles. The lowest BCUT2D eigenvalue weighted by Crippen LogP contribution is -2.28. The van der Waals surface area contributed by atoms with Crippen LogP contribution in [0.15, 0.2) is 43.2 Å². The van der Waals surface area contributed by atoms with Gasteiger partial charge in [0.05, 0.1) is 5.69 Å². The minimum Gasteiger partial charge on any atom is -0.368 e. The van der Waals surface area contributed by atoms with Gasteiger partial charge in [-0.05, 0) is 26.0 Å². The van der Waals surface area contributed by atoms with Gasteiger partial charge in [0.1, 0.15) is 24.3 Å². The molecule has 25 heavy (non-hydrogen) atoms. The van der Waals surface area contributed by atoms with Gasteiger partial charge < -0.3 is 10.6 Å². The molecule has 3 heterocycles. The average Bonchev–Trinajstić information content (AvgIpc) is 2.98. The fourth-order valence-corrected chi connectivity index (χ4v) is 2.28. The largest absolute Gasteiger partial charge is 0.368 e. The molecule has 0 aromatic carbocycles. The third-order valence-corrected chi connectivity index (χ3v) is 3.81. The van der Waals surface area contributed by atoms with E-state index < -0.39 is 0 Å². The second-order valence-corrected chi connectivity index (χ2v) is 5.47. The van der Waals surface area contributed by atoms with Gasteiger partial charge in [-0.1, -0.05) is 0 Å². The Balaban J connectivity index is 1.55. The molecule has 0 saturated heterocycles. The highest BCUT2D eigenvalue weighted by atomic mass is 16.1. The molecular weight excluding hydrogens is 318 g/mol. The van der Waals surface area contributed by atoms with Gasteiger partial charge in [0, 0.05) is 42.8 Å². The zero-order chi connectivity index (χ0) is 17.6. The molecule has 1 amide bonds. The summed E-state index contributed by atoms with van der Waals surface area (Å²) >= 11 is 0. The number of amides is 1. The molecule has 0 saturated carbocycles. The Morgan fingerprint density at radius 2 is 1.92 bits per heavy atom. The summed E-state index contributed by atoms with van der Waals surface area (Å²) in [4.78, 5) is 28.6. The van der Waals surface area contributed by atoms with Crippen molar-refractivity contribution in [2.45, 2.75) is 13.8 Å². The van der Waals surface area contributed by atoms with Crippen molar-refractivity contribution >= 4 is 11.7 Å². The molecule has 0 spiro atoms. The summed E-state index contributed by atoms with van der Waals surface area (Å²) in [7, 11) is 0. The number of carbonyl (C=O) groups is 1. The van der Waals surface area contributed by atoms with Crippen molar-refractivity contribution in [3.05, 3.63) is 60.2 Å². The van der Waals surface area contributed by atoms with E-state index in [1.165, 1.54) is 6.33 Å². The molecular formula is C17H19N7O. The van der Waals surface area contributed by atoms with Gasteiger partial charge in [-0.15, -0.1) is 0 Å². The van der Waals surface area contributed by atoms with Crippen molar-refractivity contribution in [3.63, 3.8) is 0 Å². The number of aryl methyl sites for hydroxylation is 1. The number of carbonyl (C=O) groups excluding carboxylic acids is 1. The van der Waals surface area contributed by atoms with Gasteiger partial charge in [0.15, 0.2) is 0 Å². The number of hydrogen-bond acceptors (Lipinski definition) is 6. The van der Waals surface area contributed by atoms with Crippen LogP contribution in [0.5, 0.6) is 0 Å². The molecule has 0 fully saturated rings. The van der Waals surface area contributed by atoms with E-state index in [4.69, 9.17) is 0 Å². The molecule has 0 aliphatic rings. The van der Waals surface area contributed by atoms with Crippen molar-refractivity contribution in [3.8, 4) is 5.82 Å². The van der Waals surface area contributed by atoms with Crippen LogP contribution in [0, 0.1) is 13.8 Å². The molecule has 8 heteroatoms. The van der Waals surface area contributed by atoms with E-state index in [0.717, 1.165) is 17.2 Å². The zero-order valence-corrected chi connectivity index (χ0v) is 14.1. The highest BCUT2D eigenvalue weighted by Gasteiger charge is 2.07. The number of nitrogens with zero attached hydrogens (tertiary/aromatic N) is 5. The zero-order valence-electron chi connectivity index (χ0n) is 14.1. The van der Waals surface area contributed by atoms with Gasteiger partial charge >= 0.3 is 0 Å². The highest BCUT2D eigenvalue weighted by Crippen LogP contribution is 2.13. The van der Waals surface area contributed by atoms with Crippen molar-refractivity contribution in [1.29, 1.82) is 0 Å². The maximum absolute atomic E-state index is 11.9. The minimum absolute atomic E-state index is 0.128. The summed E-state index contributed by atoms with van der Waals surface area (Å²) in [6.45, 7) is 4.97. The van der Waals surface area contributed by atoms with Crippen LogP contribution in [0.25, 0.3) is 5.82 Å². The molecule has 0 radical (unpaired) electrons. The van der Waals surface area contributed by atoms with Crippen molar-refractivity contribution < 1.29 is 4.79 Å². The van der Waals surface area contributed by atoms with Crippen LogP contribution in [0.1, 0.15) is 21.7 Å². The fraction of sp³-hybridized carbons (Fsp3) is 0.235. The molecule has 0 aliphatic carbocycles. The summed E-state index contributed by atoms with van der Waals surface area (Å²) < 4.78 is 1.91. The van der Waals surface area contributed by atoms with E-state index in [-0.39, 0.29) is 5.91 Å². The molecule has 3 rings (SSSR count). The van der Waals surface area contributed by atoms with E-state index in [2.05, 4.69) is 30.6 Å². The number of hydrogen-bond donors (Lipinski definition) is 2. The summed E-state index contributed by atoms with van der Waals surface area (Å²) in [6.07, 6.45) is 6.43. The fourth-order valence-electron chi connectivity index (χ4n) is 2.28. The van der Waals surface area contributed by atoms with E-state index >= 15 is 0 Å². The Morgan fingerprint density at radius 3 is 2.64 bits per heavy atom. The third-order valence-electron chi connectivity index (χ3n) is 3.81. The third kappa shape index (κ3) is 3.97. The number of pyridine rings is 1. The van der Waals surface area contributed by atoms with Crippen LogP contribution in [0.3, 0.4) is 0 Å². The predicted octanol–water partition coefficient (Wildman–Crippen LogP) is 1.52. The first kappa shape index (κ1) is 16.6. The number of imidazole rings is 1. The molecule has 2 N–H and O–H groups in total. The molecule has 0 atom stereocenters. The first-order valence-corrected chi connectivity index (χ1v) is 7.90. The molecule has 8 nitrogen and oxygen atoms in total. The smallest absolute Gasteiger partial charge is 0.251 e. The molecule has 128 valence electrons. The molecule has 0 bridgehead atoms. The van der Waals surface area contributed by atoms with Crippen LogP contribution in [-0.4, -0.2) is 43.5 Å². The van der Waals surface area contributed by atoms with Crippen LogP contribution < -0.4 is 10.6 Å². The normalized spacial score (nSPS) is 10.5. The monoisotopic (exact) mass is 337 g/mol. The van der Waals surface area contributed by atoms with E-state index in [1.54, 1.807) is 30.9 Å². The second kappa shape index (κ2) is 7.52. The van der Waals surface area contributed by atoms with Crippen molar-refractivity contribution in [1.82, 2.24) is 29.8 Å². The Bertz CT molecular complexity index is 860. The van der Waals surface area contributed by atoms with Crippen LogP contribution in [-0.2, 0) is 0 Å². The Kier molecular flexibility index (Phi) is 4.98. The minimum atomic E-state index is -0.128. The van der Waals surface area contributed by atoms with Gasteiger partial charge in [-0.2, -0.15) is 0 Å². The van der Waals surface area contributed by atoms with Gasteiger partial charge in [-0.3, -0.25) is 14.3 Å². The van der Waals surface area contributed by atoms with Crippen LogP contribution >= 0.6 is 0 Å². The maximum atomic E-state index is 11.9. The van der Waals surface area contributed by atoms with Gasteiger partial charge in [0.2, 0.25) is 0 Å². The van der Waals surface area contributed by atoms with E-state index in [1.807, 2.05) is 24.5 Å². The van der Waals surface area contributed by atoms with Crippen LogP contribution in [0.4, 0.5) is 5.82 Å². The predicted molar refractivity (Wildman–Crippen MR) is 93.7 cm³/mol. The highest BCUT2D eigenvalue weighted by molar-refractivity contribution is 5.93. The molecule has 0 unspecified atom stereocenters. The van der Waals surface area contributed by atoms with Crippen molar-refractivity contribution in [2.24, 2.45) is 0 Å². The Morgan fingerprint density at radius 1 is 1.12 bits per heavy atom. The number of anilines is 1. The standard InChI is InChI=1S/C17H19N7O/c1-12-13(2)24(11-23-12)16-9-15(21-10-22-16)19-7-8-20-17(25)14-3-5-18-6-4-14/h3-6,9-11H,7-8H2,1-2H3,(H,20,25)(H,19,21,22). The van der Waals surface area contributed by atoms with E-state index in [9.17, 15) is 4.79 Å². The van der Waals surface area contributed by atoms with Gasteiger partial charge in [0.25, 0.3) is 5.91 Å². The maximum Gasteiger partial charge on any atom is 0.251 e. The number of nitrogens with one attached hydrogen (secondary N) is 2. The summed E-state index contributed by atoms with van der Waals surface area (Å²) in [5.74, 6) is 1.31. The summed E-state index contributed by atoms with van der Waals surface area (Å²) in [5.41, 5.74) is 2.59. The lowest BCUT2D eigenvalue weighted by Gasteiger charge is -2.09. The van der Waals surface area contributed by atoms with Gasteiger partial charge in [-0.25, -0.2) is 15.0 Å². The first-order valence-electron chi connectivity index (χ1n) is 7.90. The summed E-state index contributed by atoms with van der Waals surface area (Å²) in [5, 5.41) is 6.02. The average molecular weight is 337 g/mol. The Labute approximate surface area is 145 Å². The van der Waals surface area contributed by atoms with Crippen LogP contribution in [0.2, 0.25) is 0 Å². The Hall–Kier alpha value is -3.29. The van der Waals surface area contributed by atoms with Crippen molar-refractivity contribution in [2.75, 3.05) is 18.4 Å². The second-order valence-electron chi connectivity index (χ2n) is 5.47. The summed E-state index contributed by atoms with van der Waals surface area (Å²) in [6, 6.07) is 5.20. The SMILES string of the molecule is Cc1ncn(-c2cc(NCCNC(=O)c3ccncc3)ncn2)c1C. The molecule has 3 aromatic heterocycles. The lowest BCUT2D eigenvalue weighted by atomic mass is 10.2. The number of aromatic nitrogens is 5. The lowest BCUT2D eigenvalue weighted by molar-refractivity contribution is 0.0955. The first-order chi connectivity index (χ1) is 12.1. The number of rotatable bonds is 6.